The van der Waals surface area contributed by atoms with Gasteiger partial charge in [0.25, 0.3) is 0 Å². The first kappa shape index (κ1) is 13.2. The summed E-state index contributed by atoms with van der Waals surface area (Å²) >= 11 is 0. The largest absolute Gasteiger partial charge is 0.356 e. The van der Waals surface area contributed by atoms with Gasteiger partial charge in [0.15, 0.2) is 0 Å². The lowest BCUT2D eigenvalue weighted by molar-refractivity contribution is -0.120. The van der Waals surface area contributed by atoms with Gasteiger partial charge in [-0.25, -0.2) is 0 Å². The van der Waals surface area contributed by atoms with E-state index in [0.29, 0.717) is 6.42 Å². The van der Waals surface area contributed by atoms with E-state index in [2.05, 4.69) is 16.1 Å². The minimum Gasteiger partial charge on any atom is -0.356 e. The molecule has 0 radical (unpaired) electrons. The normalized spacial score (nSPS) is 20.5. The van der Waals surface area contributed by atoms with E-state index < -0.39 is 0 Å². The second-order valence-electron chi connectivity index (χ2n) is 3.88. The van der Waals surface area contributed by atoms with Crippen molar-refractivity contribution in [2.75, 3.05) is 12.3 Å². The van der Waals surface area contributed by atoms with E-state index in [1.165, 1.54) is 31.4 Å². The molecule has 0 aromatic carbocycles. The standard InChI is InChI=1S/C11H21NOS2/c1-2-11(13)12-8-5-3-4-6-10-7-9-14-15-10/h10H,2-9H2,1H3,(H,12,13). The van der Waals surface area contributed by atoms with Gasteiger partial charge in [-0.05, 0) is 19.3 Å². The van der Waals surface area contributed by atoms with Gasteiger partial charge in [-0.3, -0.25) is 4.79 Å². The third-order valence-electron chi connectivity index (χ3n) is 2.57. The average Bonchev–Trinajstić information content (AvgIpc) is 2.75. The first-order valence-corrected chi connectivity index (χ1v) is 8.26. The van der Waals surface area contributed by atoms with Crippen molar-refractivity contribution in [2.45, 2.75) is 50.7 Å². The SMILES string of the molecule is CCC(=O)NCCCCCC1CCSS1. The van der Waals surface area contributed by atoms with Crippen molar-refractivity contribution in [3.05, 3.63) is 0 Å². The van der Waals surface area contributed by atoms with Crippen LogP contribution < -0.4 is 5.32 Å². The lowest BCUT2D eigenvalue weighted by atomic mass is 10.1. The zero-order valence-electron chi connectivity index (χ0n) is 9.46. The highest BCUT2D eigenvalue weighted by Crippen LogP contribution is 2.39. The third-order valence-corrected chi connectivity index (χ3v) is 5.58. The molecular formula is C11H21NOS2. The van der Waals surface area contributed by atoms with E-state index >= 15 is 0 Å². The van der Waals surface area contributed by atoms with Crippen molar-refractivity contribution in [2.24, 2.45) is 0 Å². The molecular weight excluding hydrogens is 226 g/mol. The monoisotopic (exact) mass is 247 g/mol. The van der Waals surface area contributed by atoms with Crippen molar-refractivity contribution in [1.29, 1.82) is 0 Å². The topological polar surface area (TPSA) is 29.1 Å². The molecule has 2 nitrogen and oxygen atoms in total. The number of hydrogen-bond donors (Lipinski definition) is 1. The zero-order chi connectivity index (χ0) is 10.9. The van der Waals surface area contributed by atoms with Crippen LogP contribution in [0, 0.1) is 0 Å². The van der Waals surface area contributed by atoms with E-state index in [1.807, 2.05) is 17.7 Å². The van der Waals surface area contributed by atoms with Gasteiger partial charge in [0.2, 0.25) is 5.91 Å². The Bertz CT molecular complexity index is 181. The van der Waals surface area contributed by atoms with Crippen LogP contribution >= 0.6 is 21.6 Å². The summed E-state index contributed by atoms with van der Waals surface area (Å²) < 4.78 is 0. The van der Waals surface area contributed by atoms with Gasteiger partial charge in [-0.1, -0.05) is 41.4 Å². The third kappa shape index (κ3) is 6.36. The van der Waals surface area contributed by atoms with Gasteiger partial charge >= 0.3 is 0 Å². The van der Waals surface area contributed by atoms with E-state index in [0.717, 1.165) is 18.2 Å². The summed E-state index contributed by atoms with van der Waals surface area (Å²) in [5.74, 6) is 1.51. The van der Waals surface area contributed by atoms with Crippen molar-refractivity contribution in [3.63, 3.8) is 0 Å². The number of unbranched alkanes of at least 4 members (excludes halogenated alkanes) is 2. The second kappa shape index (κ2) is 8.34. The number of carbonyl (C=O) groups is 1. The molecule has 0 spiro atoms. The summed E-state index contributed by atoms with van der Waals surface area (Å²) in [4.78, 5) is 10.9. The van der Waals surface area contributed by atoms with Crippen molar-refractivity contribution in [3.8, 4) is 0 Å². The Morgan fingerprint density at radius 3 is 2.93 bits per heavy atom. The van der Waals surface area contributed by atoms with E-state index in [1.54, 1.807) is 0 Å². The minimum atomic E-state index is 0.178. The summed E-state index contributed by atoms with van der Waals surface area (Å²) in [6.45, 7) is 2.75. The van der Waals surface area contributed by atoms with E-state index in [-0.39, 0.29) is 5.91 Å². The molecule has 1 aliphatic heterocycles. The summed E-state index contributed by atoms with van der Waals surface area (Å²) in [7, 11) is 4.08. The Kier molecular flexibility index (Phi) is 7.36. The molecule has 1 aliphatic rings. The molecule has 0 aromatic rings. The molecule has 0 saturated carbocycles. The van der Waals surface area contributed by atoms with Gasteiger partial charge in [0, 0.05) is 24.0 Å². The Labute approximate surface area is 101 Å². The Balaban J connectivity index is 1.82. The summed E-state index contributed by atoms with van der Waals surface area (Å²) in [6, 6.07) is 0. The van der Waals surface area contributed by atoms with Crippen molar-refractivity contribution < 1.29 is 4.79 Å². The van der Waals surface area contributed by atoms with E-state index in [9.17, 15) is 4.79 Å². The van der Waals surface area contributed by atoms with Crippen LogP contribution in [0.5, 0.6) is 0 Å². The number of nitrogens with one attached hydrogen (secondary N) is 1. The molecule has 0 bridgehead atoms. The van der Waals surface area contributed by atoms with Crippen LogP contribution in [0.15, 0.2) is 0 Å². The maximum atomic E-state index is 10.9. The predicted molar refractivity (Wildman–Crippen MR) is 70.2 cm³/mol. The Morgan fingerprint density at radius 1 is 1.40 bits per heavy atom. The quantitative estimate of drug-likeness (QED) is 0.553. The molecule has 1 rings (SSSR count). The molecule has 15 heavy (non-hydrogen) atoms. The maximum absolute atomic E-state index is 10.9. The summed E-state index contributed by atoms with van der Waals surface area (Å²) in [5.41, 5.74) is 0. The maximum Gasteiger partial charge on any atom is 0.219 e. The second-order valence-corrected chi connectivity index (χ2v) is 6.67. The Hall–Kier alpha value is 0.170. The van der Waals surface area contributed by atoms with Crippen LogP contribution in [0.25, 0.3) is 0 Å². The lowest BCUT2D eigenvalue weighted by Gasteiger charge is -2.07. The van der Waals surface area contributed by atoms with Gasteiger partial charge in [0.05, 0.1) is 0 Å². The molecule has 1 N–H and O–H groups in total. The molecule has 4 heteroatoms. The average molecular weight is 247 g/mol. The predicted octanol–water partition coefficient (Wildman–Crippen LogP) is 3.23. The minimum absolute atomic E-state index is 0.178. The highest BCUT2D eigenvalue weighted by atomic mass is 33.1. The smallest absolute Gasteiger partial charge is 0.219 e. The van der Waals surface area contributed by atoms with E-state index in [4.69, 9.17) is 0 Å². The van der Waals surface area contributed by atoms with Gasteiger partial charge < -0.3 is 5.32 Å². The Morgan fingerprint density at radius 2 is 2.27 bits per heavy atom. The summed E-state index contributed by atoms with van der Waals surface area (Å²) in [6.07, 6.45) is 7.07. The molecule has 1 amide bonds. The molecule has 0 aliphatic carbocycles. The van der Waals surface area contributed by atoms with Gasteiger partial charge in [-0.15, -0.1) is 0 Å². The number of amides is 1. The first-order valence-electron chi connectivity index (χ1n) is 5.88. The van der Waals surface area contributed by atoms with Crippen LogP contribution in [0.3, 0.4) is 0 Å². The molecule has 1 fully saturated rings. The van der Waals surface area contributed by atoms with Crippen LogP contribution in [0.1, 0.15) is 45.4 Å². The molecule has 1 saturated heterocycles. The first-order chi connectivity index (χ1) is 7.33. The van der Waals surface area contributed by atoms with Crippen molar-refractivity contribution in [1.82, 2.24) is 5.32 Å². The van der Waals surface area contributed by atoms with Gasteiger partial charge in [-0.2, -0.15) is 0 Å². The number of rotatable bonds is 7. The molecule has 0 aromatic heterocycles. The van der Waals surface area contributed by atoms with Crippen LogP contribution in [-0.2, 0) is 4.79 Å². The van der Waals surface area contributed by atoms with Gasteiger partial charge in [0.1, 0.15) is 0 Å². The fraction of sp³-hybridized carbons (Fsp3) is 0.909. The molecule has 1 heterocycles. The molecule has 1 unspecified atom stereocenters. The summed E-state index contributed by atoms with van der Waals surface area (Å²) in [5, 5.41) is 3.82. The fourth-order valence-electron chi connectivity index (χ4n) is 1.59. The molecule has 88 valence electrons. The van der Waals surface area contributed by atoms with Crippen LogP contribution in [0.4, 0.5) is 0 Å². The van der Waals surface area contributed by atoms with Crippen molar-refractivity contribution >= 4 is 27.5 Å². The van der Waals surface area contributed by atoms with Crippen LogP contribution in [-0.4, -0.2) is 23.5 Å². The zero-order valence-corrected chi connectivity index (χ0v) is 11.1. The number of carbonyl (C=O) groups excluding carboxylic acids is 1. The highest BCUT2D eigenvalue weighted by molar-refractivity contribution is 8.77. The number of hydrogen-bond acceptors (Lipinski definition) is 3. The van der Waals surface area contributed by atoms with Crippen LogP contribution in [0.2, 0.25) is 0 Å². The lowest BCUT2D eigenvalue weighted by Crippen LogP contribution is -2.23. The fourth-order valence-corrected chi connectivity index (χ4v) is 4.62. The highest BCUT2D eigenvalue weighted by Gasteiger charge is 2.15. The molecule has 1 atom stereocenters.